The van der Waals surface area contributed by atoms with Gasteiger partial charge in [0.2, 0.25) is 0 Å². The van der Waals surface area contributed by atoms with E-state index in [2.05, 4.69) is 5.32 Å². The van der Waals surface area contributed by atoms with Gasteiger partial charge >= 0.3 is 0 Å². The fourth-order valence-electron chi connectivity index (χ4n) is 3.71. The molecule has 1 heterocycles. The van der Waals surface area contributed by atoms with Crippen LogP contribution in [0.15, 0.2) is 66.4 Å². The van der Waals surface area contributed by atoms with Crippen molar-refractivity contribution in [3.05, 3.63) is 94.7 Å². The highest BCUT2D eigenvalue weighted by molar-refractivity contribution is 6.46. The maximum atomic E-state index is 13.8. The summed E-state index contributed by atoms with van der Waals surface area (Å²) in [5.41, 5.74) is 2.95. The van der Waals surface area contributed by atoms with E-state index < -0.39 is 23.4 Å². The number of amides is 2. The Morgan fingerprint density at radius 2 is 1.64 bits per heavy atom. The van der Waals surface area contributed by atoms with Crippen LogP contribution in [0.3, 0.4) is 0 Å². The lowest BCUT2D eigenvalue weighted by Gasteiger charge is -2.19. The standard InChI is InChI=1S/C26H22F2N2O3/c1-4-33-19-11-8-17(9-12-19)23-24(29-18-10-13-20(27)21(28)14-18)26(32)30(25(23)31)22-7-5-6-15(2)16(22)3/h5-14,29H,4H2,1-3H3. The molecule has 2 amide bonds. The van der Waals surface area contributed by atoms with E-state index in [1.807, 2.05) is 26.8 Å². The highest BCUT2D eigenvalue weighted by atomic mass is 19.2. The molecule has 0 radical (unpaired) electrons. The van der Waals surface area contributed by atoms with Gasteiger partial charge in [0, 0.05) is 11.8 Å². The summed E-state index contributed by atoms with van der Waals surface area (Å²) in [6.07, 6.45) is 0. The van der Waals surface area contributed by atoms with E-state index in [0.29, 0.717) is 23.6 Å². The van der Waals surface area contributed by atoms with Crippen molar-refractivity contribution in [2.24, 2.45) is 0 Å². The summed E-state index contributed by atoms with van der Waals surface area (Å²) in [6.45, 7) is 6.08. The van der Waals surface area contributed by atoms with E-state index in [4.69, 9.17) is 4.74 Å². The molecule has 33 heavy (non-hydrogen) atoms. The number of rotatable bonds is 6. The van der Waals surface area contributed by atoms with Gasteiger partial charge in [-0.3, -0.25) is 9.59 Å². The highest BCUT2D eigenvalue weighted by Crippen LogP contribution is 2.36. The molecule has 7 heteroatoms. The first-order valence-electron chi connectivity index (χ1n) is 10.5. The fraction of sp³-hybridized carbons (Fsp3) is 0.154. The molecule has 168 valence electrons. The molecule has 0 bridgehead atoms. The van der Waals surface area contributed by atoms with Crippen LogP contribution in [0.25, 0.3) is 5.57 Å². The van der Waals surface area contributed by atoms with Crippen molar-refractivity contribution in [1.29, 1.82) is 0 Å². The third kappa shape index (κ3) is 4.09. The summed E-state index contributed by atoms with van der Waals surface area (Å²) in [6, 6.07) is 15.4. The molecular formula is C26H22F2N2O3. The molecule has 3 aromatic carbocycles. The number of nitrogens with one attached hydrogen (secondary N) is 1. The first-order chi connectivity index (χ1) is 15.8. The zero-order valence-electron chi connectivity index (χ0n) is 18.4. The Morgan fingerprint density at radius 1 is 0.909 bits per heavy atom. The first kappa shape index (κ1) is 22.2. The number of carbonyl (C=O) groups is 2. The minimum Gasteiger partial charge on any atom is -0.494 e. The monoisotopic (exact) mass is 448 g/mol. The lowest BCUT2D eigenvalue weighted by atomic mass is 10.0. The van der Waals surface area contributed by atoms with Crippen molar-refractivity contribution in [1.82, 2.24) is 0 Å². The number of aryl methyl sites for hydroxylation is 1. The maximum Gasteiger partial charge on any atom is 0.282 e. The molecule has 4 rings (SSSR count). The Labute approximate surface area is 190 Å². The van der Waals surface area contributed by atoms with Crippen molar-refractivity contribution < 1.29 is 23.1 Å². The number of imide groups is 1. The second kappa shape index (κ2) is 8.86. The molecule has 0 aliphatic carbocycles. The molecular weight excluding hydrogens is 426 g/mol. The largest absolute Gasteiger partial charge is 0.494 e. The zero-order valence-corrected chi connectivity index (χ0v) is 18.4. The lowest BCUT2D eigenvalue weighted by molar-refractivity contribution is -0.120. The molecule has 1 aliphatic heterocycles. The Bertz CT molecular complexity index is 1280. The second-order valence-corrected chi connectivity index (χ2v) is 7.63. The van der Waals surface area contributed by atoms with Gasteiger partial charge in [0.25, 0.3) is 11.8 Å². The number of hydrogen-bond acceptors (Lipinski definition) is 4. The summed E-state index contributed by atoms with van der Waals surface area (Å²) >= 11 is 0. The minimum atomic E-state index is -1.06. The maximum absolute atomic E-state index is 13.8. The summed E-state index contributed by atoms with van der Waals surface area (Å²) in [4.78, 5) is 28.1. The van der Waals surface area contributed by atoms with E-state index >= 15 is 0 Å². The Balaban J connectivity index is 1.83. The van der Waals surface area contributed by atoms with E-state index in [1.165, 1.54) is 6.07 Å². The quantitative estimate of drug-likeness (QED) is 0.515. The summed E-state index contributed by atoms with van der Waals surface area (Å²) in [7, 11) is 0. The summed E-state index contributed by atoms with van der Waals surface area (Å²) in [5.74, 6) is -2.54. The van der Waals surface area contributed by atoms with Crippen molar-refractivity contribution >= 4 is 28.8 Å². The third-order valence-corrected chi connectivity index (χ3v) is 5.54. The topological polar surface area (TPSA) is 58.6 Å². The fourth-order valence-corrected chi connectivity index (χ4v) is 3.71. The van der Waals surface area contributed by atoms with Crippen LogP contribution in [0.2, 0.25) is 0 Å². The van der Waals surface area contributed by atoms with Crippen molar-refractivity contribution in [2.45, 2.75) is 20.8 Å². The highest BCUT2D eigenvalue weighted by Gasteiger charge is 2.41. The smallest absolute Gasteiger partial charge is 0.282 e. The SMILES string of the molecule is CCOc1ccc(C2=C(Nc3ccc(F)c(F)c3)C(=O)N(c3cccc(C)c3C)C2=O)cc1. The van der Waals surface area contributed by atoms with Gasteiger partial charge in [-0.2, -0.15) is 0 Å². The van der Waals surface area contributed by atoms with Crippen LogP contribution in [0.1, 0.15) is 23.6 Å². The molecule has 1 N–H and O–H groups in total. The Kier molecular flexibility index (Phi) is 5.96. The lowest BCUT2D eigenvalue weighted by Crippen LogP contribution is -2.33. The molecule has 0 atom stereocenters. The molecule has 5 nitrogen and oxygen atoms in total. The van der Waals surface area contributed by atoms with Gasteiger partial charge in [0.05, 0.1) is 17.9 Å². The van der Waals surface area contributed by atoms with Crippen molar-refractivity contribution in [3.63, 3.8) is 0 Å². The molecule has 0 saturated heterocycles. The van der Waals surface area contributed by atoms with Gasteiger partial charge in [0.1, 0.15) is 11.4 Å². The minimum absolute atomic E-state index is 0.0175. The van der Waals surface area contributed by atoms with Crippen LogP contribution in [-0.2, 0) is 9.59 Å². The number of benzene rings is 3. The van der Waals surface area contributed by atoms with Gasteiger partial charge in [-0.15, -0.1) is 0 Å². The van der Waals surface area contributed by atoms with E-state index in [1.54, 1.807) is 36.4 Å². The number of ether oxygens (including phenoxy) is 1. The average molecular weight is 448 g/mol. The molecule has 0 spiro atoms. The van der Waals surface area contributed by atoms with Crippen LogP contribution < -0.4 is 15.0 Å². The number of carbonyl (C=O) groups excluding carboxylic acids is 2. The van der Waals surface area contributed by atoms with Crippen LogP contribution in [0.4, 0.5) is 20.2 Å². The third-order valence-electron chi connectivity index (χ3n) is 5.54. The van der Waals surface area contributed by atoms with E-state index in [9.17, 15) is 18.4 Å². The van der Waals surface area contributed by atoms with E-state index in [-0.39, 0.29) is 17.0 Å². The zero-order chi connectivity index (χ0) is 23.7. The van der Waals surface area contributed by atoms with Crippen LogP contribution >= 0.6 is 0 Å². The normalized spacial score (nSPS) is 13.7. The van der Waals surface area contributed by atoms with Crippen LogP contribution in [0, 0.1) is 25.5 Å². The molecule has 0 aromatic heterocycles. The number of nitrogens with zero attached hydrogens (tertiary/aromatic N) is 1. The van der Waals surface area contributed by atoms with Gasteiger partial charge < -0.3 is 10.1 Å². The molecule has 1 aliphatic rings. The molecule has 3 aromatic rings. The molecule has 0 saturated carbocycles. The van der Waals surface area contributed by atoms with Crippen molar-refractivity contribution in [2.75, 3.05) is 16.8 Å². The first-order valence-corrected chi connectivity index (χ1v) is 10.5. The number of halogens is 2. The van der Waals surface area contributed by atoms with Gasteiger partial charge in [-0.05, 0) is 67.8 Å². The van der Waals surface area contributed by atoms with Gasteiger partial charge in [0.15, 0.2) is 11.6 Å². The van der Waals surface area contributed by atoms with Crippen LogP contribution in [-0.4, -0.2) is 18.4 Å². The Morgan fingerprint density at radius 3 is 2.30 bits per heavy atom. The van der Waals surface area contributed by atoms with Crippen LogP contribution in [0.5, 0.6) is 5.75 Å². The number of hydrogen-bond donors (Lipinski definition) is 1. The molecule has 0 unspecified atom stereocenters. The average Bonchev–Trinajstić information content (AvgIpc) is 3.03. The van der Waals surface area contributed by atoms with E-state index in [0.717, 1.165) is 28.2 Å². The summed E-state index contributed by atoms with van der Waals surface area (Å²) < 4.78 is 32.7. The Hall–Kier alpha value is -4.00. The van der Waals surface area contributed by atoms with Crippen molar-refractivity contribution in [3.8, 4) is 5.75 Å². The summed E-state index contributed by atoms with van der Waals surface area (Å²) in [5, 5.41) is 2.84. The van der Waals surface area contributed by atoms with Gasteiger partial charge in [-0.25, -0.2) is 13.7 Å². The predicted molar refractivity (Wildman–Crippen MR) is 123 cm³/mol. The number of anilines is 2. The van der Waals surface area contributed by atoms with Gasteiger partial charge in [-0.1, -0.05) is 24.3 Å². The molecule has 0 fully saturated rings. The predicted octanol–water partition coefficient (Wildman–Crippen LogP) is 5.38. The second-order valence-electron chi connectivity index (χ2n) is 7.63.